The molecule has 0 saturated carbocycles. The largest absolute Gasteiger partial charge is 0.327 e. The Morgan fingerprint density at radius 3 is 2.56 bits per heavy atom. The van der Waals surface area contributed by atoms with Gasteiger partial charge in [0.2, 0.25) is 0 Å². The first-order valence-electron chi connectivity index (χ1n) is 5.04. The second-order valence-electron chi connectivity index (χ2n) is 3.90. The summed E-state index contributed by atoms with van der Waals surface area (Å²) in [4.78, 5) is 3.62. The van der Waals surface area contributed by atoms with Crippen LogP contribution in [0.3, 0.4) is 0 Å². The number of imidazole rings is 1. The fraction of sp³-hybridized carbons (Fsp3) is 0.625. The fourth-order valence-electron chi connectivity index (χ4n) is 1.23. The van der Waals surface area contributed by atoms with Crippen molar-refractivity contribution in [2.75, 3.05) is 11.5 Å². The van der Waals surface area contributed by atoms with Crippen molar-refractivity contribution in [1.29, 1.82) is 0 Å². The minimum atomic E-state index is -4.08. The van der Waals surface area contributed by atoms with Gasteiger partial charge in [0.25, 0.3) is 10.1 Å². The molecule has 0 amide bonds. The number of nitrogens with zero attached hydrogens (tertiary/aromatic N) is 2. The summed E-state index contributed by atoms with van der Waals surface area (Å²) in [7, 11) is -7.90. The van der Waals surface area contributed by atoms with Crippen molar-refractivity contribution in [1.82, 2.24) is 9.71 Å². The molecule has 1 rings (SSSR count). The minimum absolute atomic E-state index is 0.0331. The molecule has 0 spiro atoms. The molecule has 1 aromatic rings. The van der Waals surface area contributed by atoms with Gasteiger partial charge in [-0.1, -0.05) is 6.92 Å². The fourth-order valence-corrected chi connectivity index (χ4v) is 3.21. The van der Waals surface area contributed by atoms with E-state index in [0.717, 1.165) is 4.73 Å². The lowest BCUT2D eigenvalue weighted by Gasteiger charge is -2.11. The Balaban J connectivity index is 2.50. The van der Waals surface area contributed by atoms with Gasteiger partial charge in [0.15, 0.2) is 0 Å². The van der Waals surface area contributed by atoms with Gasteiger partial charge in [-0.05, 0) is 12.3 Å². The number of hydrogen-bond donors (Lipinski definition) is 1. The lowest BCUT2D eigenvalue weighted by atomic mass is 10.2. The molecule has 1 heterocycles. The Hall–Kier alpha value is -1.13. The van der Waals surface area contributed by atoms with E-state index in [0.29, 0.717) is 0 Å². The summed E-state index contributed by atoms with van der Waals surface area (Å²) in [6.45, 7) is 1.56. The summed E-state index contributed by atoms with van der Waals surface area (Å²) in [5.41, 5.74) is 0. The van der Waals surface area contributed by atoms with Crippen LogP contribution in [-0.2, 0) is 20.2 Å². The average molecular weight is 298 g/mol. The van der Waals surface area contributed by atoms with Gasteiger partial charge in [0.1, 0.15) is 6.33 Å². The van der Waals surface area contributed by atoms with E-state index in [1.807, 2.05) is 0 Å². The highest BCUT2D eigenvalue weighted by molar-refractivity contribution is 7.87. The SMILES string of the molecule is CC(CCS(=O)(=O)O)CS(=O)(=O)On1ccnc1. The Morgan fingerprint density at radius 1 is 1.39 bits per heavy atom. The predicted molar refractivity (Wildman–Crippen MR) is 62.8 cm³/mol. The molecule has 8 nitrogen and oxygen atoms in total. The van der Waals surface area contributed by atoms with E-state index < -0.39 is 31.9 Å². The summed E-state index contributed by atoms with van der Waals surface area (Å²) in [6, 6.07) is 0. The van der Waals surface area contributed by atoms with E-state index in [1.165, 1.54) is 18.7 Å². The molecule has 0 aromatic carbocycles. The Labute approximate surface area is 105 Å². The molecule has 1 unspecified atom stereocenters. The maximum atomic E-state index is 11.6. The van der Waals surface area contributed by atoms with Gasteiger partial charge in [-0.3, -0.25) is 8.84 Å². The molecule has 1 aromatic heterocycles. The van der Waals surface area contributed by atoms with E-state index in [2.05, 4.69) is 9.27 Å². The standard InChI is InChI=1S/C8H14N2O6S2/c1-8(2-5-17(11,12)13)6-18(14,15)16-10-4-3-9-7-10/h3-4,7-8H,2,5-6H2,1H3,(H,11,12,13). The Morgan fingerprint density at radius 2 is 2.06 bits per heavy atom. The lowest BCUT2D eigenvalue weighted by molar-refractivity contribution is 0.276. The van der Waals surface area contributed by atoms with Crippen LogP contribution in [0.2, 0.25) is 0 Å². The van der Waals surface area contributed by atoms with E-state index in [-0.39, 0.29) is 12.2 Å². The van der Waals surface area contributed by atoms with E-state index in [9.17, 15) is 16.8 Å². The first-order valence-corrected chi connectivity index (χ1v) is 8.22. The van der Waals surface area contributed by atoms with Crippen molar-refractivity contribution >= 4 is 20.2 Å². The van der Waals surface area contributed by atoms with Crippen LogP contribution in [0.25, 0.3) is 0 Å². The maximum absolute atomic E-state index is 11.6. The summed E-state index contributed by atoms with van der Waals surface area (Å²) in [5, 5.41) is 0. The highest BCUT2D eigenvalue weighted by Gasteiger charge is 2.19. The molecule has 104 valence electrons. The molecule has 0 radical (unpaired) electrons. The van der Waals surface area contributed by atoms with Crippen LogP contribution < -0.4 is 4.28 Å². The lowest BCUT2D eigenvalue weighted by Crippen LogP contribution is -2.26. The van der Waals surface area contributed by atoms with Gasteiger partial charge in [-0.25, -0.2) is 4.98 Å². The summed E-state index contributed by atoms with van der Waals surface area (Å²) < 4.78 is 58.3. The zero-order chi connectivity index (χ0) is 13.8. The summed E-state index contributed by atoms with van der Waals surface area (Å²) in [6.07, 6.45) is 3.89. The zero-order valence-corrected chi connectivity index (χ0v) is 11.3. The van der Waals surface area contributed by atoms with Gasteiger partial charge in [0, 0.05) is 6.20 Å². The third kappa shape index (κ3) is 5.98. The molecule has 1 atom stereocenters. The molecule has 18 heavy (non-hydrogen) atoms. The quantitative estimate of drug-likeness (QED) is 0.678. The maximum Gasteiger partial charge on any atom is 0.327 e. The molecule has 0 fully saturated rings. The second kappa shape index (κ2) is 5.67. The van der Waals surface area contributed by atoms with Crippen LogP contribution in [0.5, 0.6) is 0 Å². The van der Waals surface area contributed by atoms with Gasteiger partial charge in [-0.2, -0.15) is 21.6 Å². The van der Waals surface area contributed by atoms with Crippen LogP contribution in [0.15, 0.2) is 18.7 Å². The van der Waals surface area contributed by atoms with E-state index in [4.69, 9.17) is 4.55 Å². The molecule has 0 saturated heterocycles. The van der Waals surface area contributed by atoms with Crippen LogP contribution in [0, 0.1) is 5.92 Å². The van der Waals surface area contributed by atoms with Gasteiger partial charge in [-0.15, -0.1) is 0 Å². The van der Waals surface area contributed by atoms with Gasteiger partial charge in [0.05, 0.1) is 17.7 Å². The number of aromatic nitrogens is 2. The first-order chi connectivity index (χ1) is 8.18. The average Bonchev–Trinajstić information content (AvgIpc) is 2.64. The van der Waals surface area contributed by atoms with Crippen LogP contribution in [-0.4, -0.2) is 42.6 Å². The molecule has 0 aliphatic rings. The number of hydrogen-bond acceptors (Lipinski definition) is 6. The smallest absolute Gasteiger partial charge is 0.286 e. The van der Waals surface area contributed by atoms with Crippen molar-refractivity contribution in [3.8, 4) is 0 Å². The van der Waals surface area contributed by atoms with Crippen LogP contribution in [0.1, 0.15) is 13.3 Å². The molecule has 0 bridgehead atoms. The van der Waals surface area contributed by atoms with Gasteiger partial charge >= 0.3 is 10.1 Å². The van der Waals surface area contributed by atoms with Crippen molar-refractivity contribution in [2.45, 2.75) is 13.3 Å². The molecule has 10 heteroatoms. The highest BCUT2D eigenvalue weighted by atomic mass is 32.2. The van der Waals surface area contributed by atoms with Crippen LogP contribution >= 0.6 is 0 Å². The predicted octanol–water partition coefficient (Wildman–Crippen LogP) is -0.444. The zero-order valence-electron chi connectivity index (χ0n) is 9.63. The number of rotatable bonds is 7. The van der Waals surface area contributed by atoms with Gasteiger partial charge < -0.3 is 0 Å². The summed E-state index contributed by atoms with van der Waals surface area (Å²) in [5.74, 6) is -1.28. The first kappa shape index (κ1) is 14.9. The molecular formula is C8H14N2O6S2. The van der Waals surface area contributed by atoms with Crippen molar-refractivity contribution in [3.63, 3.8) is 0 Å². The normalized spacial score (nSPS) is 14.3. The molecule has 0 aliphatic heterocycles. The molecular weight excluding hydrogens is 284 g/mol. The van der Waals surface area contributed by atoms with E-state index >= 15 is 0 Å². The monoisotopic (exact) mass is 298 g/mol. The van der Waals surface area contributed by atoms with E-state index in [1.54, 1.807) is 6.92 Å². The van der Waals surface area contributed by atoms with Crippen LogP contribution in [0.4, 0.5) is 0 Å². The molecule has 0 aliphatic carbocycles. The Bertz CT molecular complexity index is 563. The van der Waals surface area contributed by atoms with Crippen molar-refractivity contribution < 1.29 is 25.7 Å². The van der Waals surface area contributed by atoms with Crippen molar-refractivity contribution in [2.24, 2.45) is 5.92 Å². The second-order valence-corrected chi connectivity index (χ2v) is 7.07. The third-order valence-electron chi connectivity index (χ3n) is 2.04. The Kier molecular flexibility index (Phi) is 4.71. The third-order valence-corrected chi connectivity index (χ3v) is 4.17. The molecule has 1 N–H and O–H groups in total. The minimum Gasteiger partial charge on any atom is -0.286 e. The topological polar surface area (TPSA) is 116 Å². The highest BCUT2D eigenvalue weighted by Crippen LogP contribution is 2.08. The van der Waals surface area contributed by atoms with Crippen molar-refractivity contribution in [3.05, 3.63) is 18.7 Å². The summed E-state index contributed by atoms with van der Waals surface area (Å²) >= 11 is 0.